The van der Waals surface area contributed by atoms with Gasteiger partial charge < -0.3 is 0 Å². The number of aryl methyl sites for hydroxylation is 4. The summed E-state index contributed by atoms with van der Waals surface area (Å²) in [6.45, 7) is 6.35. The highest BCUT2D eigenvalue weighted by atomic mass is 15.2. The van der Waals surface area contributed by atoms with E-state index in [9.17, 15) is 0 Å². The topological polar surface area (TPSA) is 30.7 Å². The zero-order chi connectivity index (χ0) is 14.3. The van der Waals surface area contributed by atoms with Crippen LogP contribution in [0.4, 0.5) is 0 Å². The van der Waals surface area contributed by atoms with Crippen molar-refractivity contribution < 1.29 is 0 Å². The molecule has 0 bridgehead atoms. The Kier molecular flexibility index (Phi) is 3.05. The molecule has 102 valence electrons. The van der Waals surface area contributed by atoms with Crippen LogP contribution in [0.2, 0.25) is 0 Å². The van der Waals surface area contributed by atoms with Gasteiger partial charge in [0, 0.05) is 24.2 Å². The molecule has 3 rings (SSSR count). The van der Waals surface area contributed by atoms with E-state index in [-0.39, 0.29) is 0 Å². The molecule has 20 heavy (non-hydrogen) atoms. The Labute approximate surface area is 119 Å². The van der Waals surface area contributed by atoms with E-state index in [4.69, 9.17) is 4.98 Å². The minimum absolute atomic E-state index is 1.00. The fraction of sp³-hybridized carbons (Fsp3) is 0.294. The fourth-order valence-electron chi connectivity index (χ4n) is 2.65. The molecule has 1 aromatic carbocycles. The molecule has 0 spiro atoms. The van der Waals surface area contributed by atoms with Crippen LogP contribution in [0.1, 0.15) is 23.7 Å². The Morgan fingerprint density at radius 1 is 1.15 bits per heavy atom. The van der Waals surface area contributed by atoms with Crippen molar-refractivity contribution in [3.05, 3.63) is 47.3 Å². The van der Waals surface area contributed by atoms with Gasteiger partial charge in [-0.25, -0.2) is 4.98 Å². The molecular formula is C17H19N3. The van der Waals surface area contributed by atoms with Gasteiger partial charge in [-0.05, 0) is 49.6 Å². The Morgan fingerprint density at radius 3 is 2.60 bits per heavy atom. The Bertz CT molecular complexity index is 784. The molecule has 0 aliphatic heterocycles. The highest BCUT2D eigenvalue weighted by Gasteiger charge is 2.10. The van der Waals surface area contributed by atoms with Crippen molar-refractivity contribution in [3.8, 4) is 11.3 Å². The van der Waals surface area contributed by atoms with Gasteiger partial charge in [0.1, 0.15) is 0 Å². The molecule has 0 aliphatic carbocycles. The first-order chi connectivity index (χ1) is 9.58. The van der Waals surface area contributed by atoms with Gasteiger partial charge in [-0.1, -0.05) is 13.0 Å². The van der Waals surface area contributed by atoms with Crippen LogP contribution < -0.4 is 0 Å². The number of hydrogen-bond acceptors (Lipinski definition) is 2. The highest BCUT2D eigenvalue weighted by Crippen LogP contribution is 2.26. The maximum Gasteiger partial charge on any atom is 0.0746 e. The van der Waals surface area contributed by atoms with Crippen molar-refractivity contribution in [1.29, 1.82) is 0 Å². The second kappa shape index (κ2) is 4.75. The quantitative estimate of drug-likeness (QED) is 0.705. The predicted octanol–water partition coefficient (Wildman–Crippen LogP) is 3.81. The van der Waals surface area contributed by atoms with Gasteiger partial charge >= 0.3 is 0 Å². The average molecular weight is 265 g/mol. The van der Waals surface area contributed by atoms with Crippen LogP contribution in [0.15, 0.2) is 30.5 Å². The number of pyridine rings is 1. The van der Waals surface area contributed by atoms with Gasteiger partial charge in [0.2, 0.25) is 0 Å². The lowest BCUT2D eigenvalue weighted by Gasteiger charge is -2.07. The maximum atomic E-state index is 4.80. The number of rotatable bonds is 2. The molecule has 3 aromatic rings. The lowest BCUT2D eigenvalue weighted by Crippen LogP contribution is -1.91. The molecule has 2 aromatic heterocycles. The maximum absolute atomic E-state index is 4.80. The number of aromatic nitrogens is 3. The fourth-order valence-corrected chi connectivity index (χ4v) is 2.65. The Morgan fingerprint density at radius 2 is 1.95 bits per heavy atom. The summed E-state index contributed by atoms with van der Waals surface area (Å²) in [5.74, 6) is 0. The second-order valence-electron chi connectivity index (χ2n) is 5.33. The molecule has 0 radical (unpaired) electrons. The van der Waals surface area contributed by atoms with Crippen molar-refractivity contribution in [3.63, 3.8) is 0 Å². The predicted molar refractivity (Wildman–Crippen MR) is 82.8 cm³/mol. The molecular weight excluding hydrogens is 246 g/mol. The number of nitrogens with zero attached hydrogens (tertiary/aromatic N) is 3. The molecule has 3 nitrogen and oxygen atoms in total. The largest absolute Gasteiger partial charge is 0.275 e. The third-order valence-electron chi connectivity index (χ3n) is 3.78. The highest BCUT2D eigenvalue weighted by molar-refractivity contribution is 5.85. The van der Waals surface area contributed by atoms with Gasteiger partial charge in [-0.2, -0.15) is 5.10 Å². The minimum Gasteiger partial charge on any atom is -0.275 e. The lowest BCUT2D eigenvalue weighted by atomic mass is 10.0. The molecule has 0 fully saturated rings. The molecule has 0 aliphatic rings. The van der Waals surface area contributed by atoms with E-state index in [1.54, 1.807) is 0 Å². The molecule has 0 saturated carbocycles. The van der Waals surface area contributed by atoms with Crippen molar-refractivity contribution in [1.82, 2.24) is 14.8 Å². The normalized spacial score (nSPS) is 11.2. The summed E-state index contributed by atoms with van der Waals surface area (Å²) in [6, 6.07) is 8.69. The van der Waals surface area contributed by atoms with E-state index in [1.165, 1.54) is 16.5 Å². The van der Waals surface area contributed by atoms with Crippen molar-refractivity contribution in [2.45, 2.75) is 27.2 Å². The third-order valence-corrected chi connectivity index (χ3v) is 3.78. The van der Waals surface area contributed by atoms with Crippen LogP contribution in [-0.2, 0) is 13.5 Å². The average Bonchev–Trinajstić information content (AvgIpc) is 2.77. The third kappa shape index (κ3) is 2.09. The Balaban J connectivity index is 2.22. The summed E-state index contributed by atoms with van der Waals surface area (Å²) in [5.41, 5.74) is 6.81. The second-order valence-corrected chi connectivity index (χ2v) is 5.33. The minimum atomic E-state index is 1.00. The lowest BCUT2D eigenvalue weighted by molar-refractivity contribution is 0.756. The summed E-state index contributed by atoms with van der Waals surface area (Å²) in [7, 11) is 1.94. The van der Waals surface area contributed by atoms with Gasteiger partial charge in [0.15, 0.2) is 0 Å². The molecule has 0 saturated heterocycles. The summed E-state index contributed by atoms with van der Waals surface area (Å²) in [5, 5.41) is 5.65. The smallest absolute Gasteiger partial charge is 0.0746 e. The summed E-state index contributed by atoms with van der Waals surface area (Å²) < 4.78 is 1.84. The molecule has 0 unspecified atom stereocenters. The van der Waals surface area contributed by atoms with Crippen LogP contribution in [0.5, 0.6) is 0 Å². The summed E-state index contributed by atoms with van der Waals surface area (Å²) >= 11 is 0. The summed E-state index contributed by atoms with van der Waals surface area (Å²) in [6.07, 6.45) is 3.09. The van der Waals surface area contributed by atoms with Crippen LogP contribution in [0.3, 0.4) is 0 Å². The van der Waals surface area contributed by atoms with E-state index < -0.39 is 0 Å². The molecule has 0 N–H and O–H groups in total. The van der Waals surface area contributed by atoms with Crippen LogP contribution >= 0.6 is 0 Å². The zero-order valence-electron chi connectivity index (χ0n) is 12.4. The van der Waals surface area contributed by atoms with Gasteiger partial charge in [0.05, 0.1) is 16.9 Å². The van der Waals surface area contributed by atoms with E-state index >= 15 is 0 Å². The van der Waals surface area contributed by atoms with Gasteiger partial charge in [-0.3, -0.25) is 4.68 Å². The molecule has 2 heterocycles. The van der Waals surface area contributed by atoms with Crippen LogP contribution in [0.25, 0.3) is 22.2 Å². The Hall–Kier alpha value is -2.16. The van der Waals surface area contributed by atoms with E-state index in [0.717, 1.165) is 28.9 Å². The van der Waals surface area contributed by atoms with E-state index in [0.29, 0.717) is 0 Å². The number of hydrogen-bond donors (Lipinski definition) is 0. The van der Waals surface area contributed by atoms with Crippen molar-refractivity contribution in [2.24, 2.45) is 7.05 Å². The molecule has 0 amide bonds. The first-order valence-corrected chi connectivity index (χ1v) is 6.99. The number of fused-ring (bicyclic) bond motifs is 1. The van der Waals surface area contributed by atoms with E-state index in [2.05, 4.69) is 43.2 Å². The number of benzene rings is 1. The van der Waals surface area contributed by atoms with Crippen LogP contribution in [-0.4, -0.2) is 14.8 Å². The summed E-state index contributed by atoms with van der Waals surface area (Å²) in [4.78, 5) is 4.80. The SMILES string of the molecule is CCc1ccc2nc(-c3cn(C)nc3C)cc(C)c2c1. The van der Waals surface area contributed by atoms with Gasteiger partial charge in [0.25, 0.3) is 0 Å². The molecule has 0 atom stereocenters. The molecule has 3 heteroatoms. The van der Waals surface area contributed by atoms with E-state index in [1.807, 2.05) is 24.9 Å². The van der Waals surface area contributed by atoms with Crippen molar-refractivity contribution in [2.75, 3.05) is 0 Å². The first kappa shape index (κ1) is 12.9. The van der Waals surface area contributed by atoms with Gasteiger partial charge in [-0.15, -0.1) is 0 Å². The monoisotopic (exact) mass is 265 g/mol. The standard InChI is InChI=1S/C17H19N3/c1-5-13-6-7-16-14(9-13)11(2)8-17(18-16)15-10-20(4)19-12(15)3/h6-10H,5H2,1-4H3. The van der Waals surface area contributed by atoms with Crippen molar-refractivity contribution >= 4 is 10.9 Å². The van der Waals surface area contributed by atoms with Crippen LogP contribution in [0, 0.1) is 13.8 Å². The first-order valence-electron chi connectivity index (χ1n) is 6.99. The zero-order valence-corrected chi connectivity index (χ0v) is 12.4.